The summed E-state index contributed by atoms with van der Waals surface area (Å²) in [5.41, 5.74) is 4.51. The Morgan fingerprint density at radius 1 is 0.889 bits per heavy atom. The highest BCUT2D eigenvalue weighted by Crippen LogP contribution is 2.30. The van der Waals surface area contributed by atoms with E-state index in [1.807, 2.05) is 42.5 Å². The van der Waals surface area contributed by atoms with Crippen LogP contribution in [-0.2, 0) is 19.6 Å². The predicted octanol–water partition coefficient (Wildman–Crippen LogP) is 6.10. The molecule has 0 aliphatic carbocycles. The Balaban J connectivity index is 1.63. The summed E-state index contributed by atoms with van der Waals surface area (Å²) in [7, 11) is 1.65. The molecule has 27 heavy (non-hydrogen) atoms. The fraction of sp³-hybridized carbons (Fsp3) is 0.217. The maximum Gasteiger partial charge on any atom is 0.161 e. The molecule has 3 aromatic rings. The van der Waals surface area contributed by atoms with Gasteiger partial charge in [-0.25, -0.2) is 0 Å². The third-order valence-corrected chi connectivity index (χ3v) is 4.80. The van der Waals surface area contributed by atoms with Gasteiger partial charge in [0, 0.05) is 22.8 Å². The van der Waals surface area contributed by atoms with E-state index in [-0.39, 0.29) is 0 Å². The summed E-state index contributed by atoms with van der Waals surface area (Å²) < 4.78 is 11.4. The van der Waals surface area contributed by atoms with Crippen molar-refractivity contribution >= 4 is 17.3 Å². The van der Waals surface area contributed by atoms with Crippen LogP contribution in [0.2, 0.25) is 5.02 Å². The number of nitrogens with one attached hydrogen (secondary N) is 1. The van der Waals surface area contributed by atoms with Gasteiger partial charge in [0.2, 0.25) is 0 Å². The number of halogens is 1. The van der Waals surface area contributed by atoms with E-state index < -0.39 is 0 Å². The van der Waals surface area contributed by atoms with Crippen LogP contribution in [0.5, 0.6) is 11.5 Å². The topological polar surface area (TPSA) is 30.5 Å². The smallest absolute Gasteiger partial charge is 0.161 e. The normalized spacial score (nSPS) is 10.5. The molecule has 0 spiro atoms. The standard InChI is InChI=1S/C23H24ClNO2/c1-3-17-8-11-20(12-9-17)25-15-18-10-13-22(23(14-18)26-2)27-16-19-6-4-5-7-21(19)24/h4-14,25H,3,15-16H2,1-2H3. The maximum atomic E-state index is 6.19. The second-order valence-corrected chi connectivity index (χ2v) is 6.68. The zero-order valence-corrected chi connectivity index (χ0v) is 16.4. The molecule has 0 aromatic heterocycles. The van der Waals surface area contributed by atoms with E-state index in [9.17, 15) is 0 Å². The van der Waals surface area contributed by atoms with Crippen LogP contribution in [0.3, 0.4) is 0 Å². The Kier molecular flexibility index (Phi) is 6.61. The molecule has 0 saturated carbocycles. The van der Waals surface area contributed by atoms with Gasteiger partial charge in [0.05, 0.1) is 7.11 Å². The van der Waals surface area contributed by atoms with E-state index in [2.05, 4.69) is 36.5 Å². The summed E-state index contributed by atoms with van der Waals surface area (Å²) >= 11 is 6.19. The molecule has 0 atom stereocenters. The number of hydrogen-bond donors (Lipinski definition) is 1. The summed E-state index contributed by atoms with van der Waals surface area (Å²) in [6.07, 6.45) is 1.05. The summed E-state index contributed by atoms with van der Waals surface area (Å²) in [4.78, 5) is 0. The van der Waals surface area contributed by atoms with E-state index in [1.54, 1.807) is 7.11 Å². The number of ether oxygens (including phenoxy) is 2. The lowest BCUT2D eigenvalue weighted by Gasteiger charge is -2.14. The van der Waals surface area contributed by atoms with Crippen LogP contribution in [0.25, 0.3) is 0 Å². The SMILES string of the molecule is CCc1ccc(NCc2ccc(OCc3ccccc3Cl)c(OC)c2)cc1. The highest BCUT2D eigenvalue weighted by Gasteiger charge is 2.08. The van der Waals surface area contributed by atoms with Crippen LogP contribution >= 0.6 is 11.6 Å². The number of anilines is 1. The molecule has 0 unspecified atom stereocenters. The van der Waals surface area contributed by atoms with Crippen molar-refractivity contribution in [1.29, 1.82) is 0 Å². The molecule has 0 amide bonds. The first kappa shape index (κ1) is 19.1. The zero-order chi connectivity index (χ0) is 19.1. The van der Waals surface area contributed by atoms with E-state index >= 15 is 0 Å². The van der Waals surface area contributed by atoms with Crippen molar-refractivity contribution in [3.8, 4) is 11.5 Å². The lowest BCUT2D eigenvalue weighted by atomic mass is 10.1. The second kappa shape index (κ2) is 9.33. The minimum Gasteiger partial charge on any atom is -0.493 e. The third-order valence-electron chi connectivity index (χ3n) is 4.43. The van der Waals surface area contributed by atoms with Gasteiger partial charge in [-0.1, -0.05) is 54.9 Å². The van der Waals surface area contributed by atoms with Crippen molar-refractivity contribution in [2.24, 2.45) is 0 Å². The minimum atomic E-state index is 0.400. The molecule has 0 saturated heterocycles. The lowest BCUT2D eigenvalue weighted by molar-refractivity contribution is 0.284. The average Bonchev–Trinajstić information content (AvgIpc) is 2.72. The molecule has 3 aromatic carbocycles. The van der Waals surface area contributed by atoms with Gasteiger partial charge >= 0.3 is 0 Å². The number of rotatable bonds is 8. The van der Waals surface area contributed by atoms with E-state index in [0.717, 1.165) is 23.2 Å². The summed E-state index contributed by atoms with van der Waals surface area (Å²) in [5.74, 6) is 1.41. The number of hydrogen-bond acceptors (Lipinski definition) is 3. The number of aryl methyl sites for hydroxylation is 1. The van der Waals surface area contributed by atoms with Crippen LogP contribution in [0.15, 0.2) is 66.7 Å². The minimum absolute atomic E-state index is 0.400. The number of methoxy groups -OCH3 is 1. The van der Waals surface area contributed by atoms with E-state index in [1.165, 1.54) is 5.56 Å². The summed E-state index contributed by atoms with van der Waals surface area (Å²) in [6.45, 7) is 3.27. The van der Waals surface area contributed by atoms with Crippen molar-refractivity contribution in [3.63, 3.8) is 0 Å². The Morgan fingerprint density at radius 3 is 2.33 bits per heavy atom. The van der Waals surface area contributed by atoms with Crippen LogP contribution in [0.4, 0.5) is 5.69 Å². The number of benzene rings is 3. The Morgan fingerprint density at radius 2 is 1.63 bits per heavy atom. The summed E-state index contributed by atoms with van der Waals surface area (Å²) in [5, 5.41) is 4.13. The van der Waals surface area contributed by atoms with Gasteiger partial charge in [0.1, 0.15) is 6.61 Å². The van der Waals surface area contributed by atoms with E-state index in [0.29, 0.717) is 29.7 Å². The summed E-state index contributed by atoms with van der Waals surface area (Å²) in [6, 6.07) is 22.2. The highest BCUT2D eigenvalue weighted by atomic mass is 35.5. The first-order valence-electron chi connectivity index (χ1n) is 9.05. The van der Waals surface area contributed by atoms with Gasteiger partial charge in [-0.05, 0) is 47.9 Å². The molecule has 0 aliphatic rings. The van der Waals surface area contributed by atoms with Crippen LogP contribution in [0.1, 0.15) is 23.6 Å². The largest absolute Gasteiger partial charge is 0.493 e. The highest BCUT2D eigenvalue weighted by molar-refractivity contribution is 6.31. The Hall–Kier alpha value is -2.65. The zero-order valence-electron chi connectivity index (χ0n) is 15.7. The second-order valence-electron chi connectivity index (χ2n) is 6.27. The van der Waals surface area contributed by atoms with Gasteiger partial charge in [-0.15, -0.1) is 0 Å². The molecule has 3 rings (SSSR count). The average molecular weight is 382 g/mol. The Bertz CT molecular complexity index is 878. The lowest BCUT2D eigenvalue weighted by Crippen LogP contribution is -2.02. The first-order chi connectivity index (χ1) is 13.2. The monoisotopic (exact) mass is 381 g/mol. The predicted molar refractivity (Wildman–Crippen MR) is 112 cm³/mol. The van der Waals surface area contributed by atoms with Gasteiger partial charge in [0.15, 0.2) is 11.5 Å². The fourth-order valence-corrected chi connectivity index (χ4v) is 2.96. The molecule has 0 aliphatic heterocycles. The molecule has 140 valence electrons. The molecule has 0 heterocycles. The molecular weight excluding hydrogens is 358 g/mol. The van der Waals surface area contributed by atoms with Gasteiger partial charge in [-0.3, -0.25) is 0 Å². The third kappa shape index (κ3) is 5.18. The molecule has 0 radical (unpaired) electrons. The Labute approximate surface area is 165 Å². The van der Waals surface area contributed by atoms with Crippen LogP contribution in [-0.4, -0.2) is 7.11 Å². The molecule has 3 nitrogen and oxygen atoms in total. The molecule has 0 fully saturated rings. The van der Waals surface area contributed by atoms with Crippen molar-refractivity contribution in [2.45, 2.75) is 26.5 Å². The van der Waals surface area contributed by atoms with Crippen molar-refractivity contribution in [2.75, 3.05) is 12.4 Å². The molecular formula is C23H24ClNO2. The molecule has 0 bridgehead atoms. The van der Waals surface area contributed by atoms with Gasteiger partial charge in [-0.2, -0.15) is 0 Å². The fourth-order valence-electron chi connectivity index (χ4n) is 2.77. The van der Waals surface area contributed by atoms with Gasteiger partial charge < -0.3 is 14.8 Å². The van der Waals surface area contributed by atoms with Gasteiger partial charge in [0.25, 0.3) is 0 Å². The van der Waals surface area contributed by atoms with Crippen molar-refractivity contribution < 1.29 is 9.47 Å². The van der Waals surface area contributed by atoms with Crippen molar-refractivity contribution in [1.82, 2.24) is 0 Å². The quantitative estimate of drug-likeness (QED) is 0.511. The van der Waals surface area contributed by atoms with Crippen LogP contribution < -0.4 is 14.8 Å². The van der Waals surface area contributed by atoms with Crippen molar-refractivity contribution in [3.05, 3.63) is 88.4 Å². The maximum absolute atomic E-state index is 6.19. The molecule has 1 N–H and O–H groups in total. The van der Waals surface area contributed by atoms with Crippen LogP contribution in [0, 0.1) is 0 Å². The van der Waals surface area contributed by atoms with E-state index in [4.69, 9.17) is 21.1 Å². The first-order valence-corrected chi connectivity index (χ1v) is 9.43. The molecule has 4 heteroatoms.